The van der Waals surface area contributed by atoms with Crippen LogP contribution in [0.4, 0.5) is 5.69 Å². The molecular formula is C11H11NOSe. The summed E-state index contributed by atoms with van der Waals surface area (Å²) in [6, 6.07) is 8.30. The maximum absolute atomic E-state index is 11.0. The number of nitrogens with zero attached hydrogens (tertiary/aromatic N) is 1. The van der Waals surface area contributed by atoms with Gasteiger partial charge in [-0.25, -0.2) is 0 Å². The quantitative estimate of drug-likeness (QED) is 0.546. The van der Waals surface area contributed by atoms with Gasteiger partial charge in [-0.3, -0.25) is 0 Å². The van der Waals surface area contributed by atoms with E-state index in [1.807, 2.05) is 19.2 Å². The van der Waals surface area contributed by atoms with Gasteiger partial charge in [0, 0.05) is 0 Å². The van der Waals surface area contributed by atoms with E-state index in [-0.39, 0.29) is 20.7 Å². The van der Waals surface area contributed by atoms with Gasteiger partial charge in [0.25, 0.3) is 0 Å². The predicted octanol–water partition coefficient (Wildman–Crippen LogP) is 0.896. The van der Waals surface area contributed by atoms with Crippen LogP contribution in [0.1, 0.15) is 6.92 Å². The van der Waals surface area contributed by atoms with Crippen molar-refractivity contribution in [2.75, 3.05) is 11.9 Å². The van der Waals surface area contributed by atoms with E-state index in [1.165, 1.54) is 10.1 Å². The van der Waals surface area contributed by atoms with E-state index < -0.39 is 0 Å². The second-order valence-corrected chi connectivity index (χ2v) is 5.45. The molecule has 72 valence electrons. The van der Waals surface area contributed by atoms with Gasteiger partial charge in [-0.05, 0) is 0 Å². The van der Waals surface area contributed by atoms with Crippen LogP contribution in [0.5, 0.6) is 0 Å². The molecule has 0 spiro atoms. The van der Waals surface area contributed by atoms with Crippen LogP contribution in [0.3, 0.4) is 0 Å². The van der Waals surface area contributed by atoms with Crippen LogP contribution in [-0.2, 0) is 4.79 Å². The molecule has 0 saturated carbocycles. The first-order valence-electron chi connectivity index (χ1n) is 4.41. The van der Waals surface area contributed by atoms with Crippen LogP contribution >= 0.6 is 0 Å². The number of carbonyl (C=O) groups excluding carboxylic acids is 1. The SMILES string of the molecule is CC(=O)/C=C1/[Se]c2ccccc2N1C. The Balaban J connectivity index is 2.39. The van der Waals surface area contributed by atoms with E-state index in [9.17, 15) is 4.79 Å². The topological polar surface area (TPSA) is 20.3 Å². The third-order valence-electron chi connectivity index (χ3n) is 2.10. The minimum absolute atomic E-state index is 0.126. The van der Waals surface area contributed by atoms with Crippen LogP contribution in [0, 0.1) is 0 Å². The number of carbonyl (C=O) groups is 1. The van der Waals surface area contributed by atoms with Crippen molar-refractivity contribution in [1.82, 2.24) is 0 Å². The third-order valence-corrected chi connectivity index (χ3v) is 4.54. The fraction of sp³-hybridized carbons (Fsp3) is 0.182. The molecule has 0 atom stereocenters. The molecule has 0 fully saturated rings. The van der Waals surface area contributed by atoms with E-state index in [0.717, 1.165) is 4.60 Å². The van der Waals surface area contributed by atoms with E-state index in [0.29, 0.717) is 0 Å². The van der Waals surface area contributed by atoms with Crippen molar-refractivity contribution < 1.29 is 4.79 Å². The first-order valence-corrected chi connectivity index (χ1v) is 6.12. The molecule has 1 aromatic rings. The van der Waals surface area contributed by atoms with Crippen molar-refractivity contribution in [3.8, 4) is 0 Å². The summed E-state index contributed by atoms with van der Waals surface area (Å²) in [5.41, 5.74) is 1.24. The summed E-state index contributed by atoms with van der Waals surface area (Å²) < 4.78 is 2.50. The Labute approximate surface area is 89.8 Å². The van der Waals surface area contributed by atoms with Crippen LogP contribution < -0.4 is 9.36 Å². The molecule has 1 aliphatic rings. The summed E-state index contributed by atoms with van der Waals surface area (Å²) in [6.07, 6.45) is 1.74. The number of anilines is 1. The molecule has 0 unspecified atom stereocenters. The molecule has 0 aromatic heterocycles. The standard InChI is InChI=1S/C11H11NOSe/c1-8(13)7-11-12(2)9-5-3-4-6-10(9)14-11/h3-7H,1-2H3/b11-7+. The minimum atomic E-state index is 0.126. The monoisotopic (exact) mass is 253 g/mol. The summed E-state index contributed by atoms with van der Waals surface area (Å²) in [5, 5.41) is 0. The van der Waals surface area contributed by atoms with Gasteiger partial charge in [-0.2, -0.15) is 0 Å². The van der Waals surface area contributed by atoms with Crippen molar-refractivity contribution in [2.45, 2.75) is 6.92 Å². The van der Waals surface area contributed by atoms with Gasteiger partial charge < -0.3 is 0 Å². The number of benzene rings is 1. The molecule has 0 bridgehead atoms. The molecule has 2 rings (SSSR count). The Bertz CT molecular complexity index is 412. The van der Waals surface area contributed by atoms with Crippen molar-refractivity contribution in [3.05, 3.63) is 34.9 Å². The number of fused-ring (bicyclic) bond motifs is 1. The van der Waals surface area contributed by atoms with E-state index in [4.69, 9.17) is 0 Å². The number of hydrogen-bond acceptors (Lipinski definition) is 2. The molecular weight excluding hydrogens is 241 g/mol. The molecule has 14 heavy (non-hydrogen) atoms. The van der Waals surface area contributed by atoms with Gasteiger partial charge in [0.05, 0.1) is 0 Å². The van der Waals surface area contributed by atoms with Gasteiger partial charge in [0.2, 0.25) is 0 Å². The first-order chi connectivity index (χ1) is 6.68. The van der Waals surface area contributed by atoms with Crippen LogP contribution in [0.15, 0.2) is 34.9 Å². The van der Waals surface area contributed by atoms with Crippen molar-refractivity contribution in [1.29, 1.82) is 0 Å². The number of ketones is 1. The van der Waals surface area contributed by atoms with Gasteiger partial charge in [-0.15, -0.1) is 0 Å². The van der Waals surface area contributed by atoms with E-state index in [1.54, 1.807) is 13.0 Å². The Hall–Kier alpha value is -1.05. The van der Waals surface area contributed by atoms with E-state index in [2.05, 4.69) is 17.0 Å². The zero-order valence-electron chi connectivity index (χ0n) is 8.15. The fourth-order valence-electron chi connectivity index (χ4n) is 1.42. The van der Waals surface area contributed by atoms with Crippen LogP contribution in [0.25, 0.3) is 0 Å². The zero-order valence-corrected chi connectivity index (χ0v) is 9.86. The van der Waals surface area contributed by atoms with Crippen molar-refractivity contribution in [3.63, 3.8) is 0 Å². The maximum atomic E-state index is 11.0. The summed E-state index contributed by atoms with van der Waals surface area (Å²) >= 11 is 0.289. The molecule has 0 amide bonds. The van der Waals surface area contributed by atoms with Crippen molar-refractivity contribution in [2.24, 2.45) is 0 Å². The molecule has 3 heteroatoms. The Morgan fingerprint density at radius 2 is 2.14 bits per heavy atom. The molecule has 0 aliphatic carbocycles. The Morgan fingerprint density at radius 3 is 2.79 bits per heavy atom. The number of para-hydroxylation sites is 1. The average Bonchev–Trinajstić information content (AvgIpc) is 2.44. The summed E-state index contributed by atoms with van der Waals surface area (Å²) in [6.45, 7) is 1.60. The average molecular weight is 252 g/mol. The molecule has 1 heterocycles. The molecule has 2 nitrogen and oxygen atoms in total. The number of rotatable bonds is 1. The summed E-state index contributed by atoms with van der Waals surface area (Å²) in [4.78, 5) is 13.1. The van der Waals surface area contributed by atoms with Gasteiger partial charge in [0.1, 0.15) is 0 Å². The molecule has 1 aliphatic heterocycles. The Kier molecular flexibility index (Phi) is 2.44. The van der Waals surface area contributed by atoms with Gasteiger partial charge in [0.15, 0.2) is 0 Å². The third kappa shape index (κ3) is 1.61. The first kappa shape index (κ1) is 9.50. The number of hydrogen-bond donors (Lipinski definition) is 0. The van der Waals surface area contributed by atoms with Crippen LogP contribution in [0.2, 0.25) is 0 Å². The second kappa shape index (κ2) is 3.60. The predicted molar refractivity (Wildman–Crippen MR) is 59.0 cm³/mol. The molecule has 1 aromatic carbocycles. The van der Waals surface area contributed by atoms with Crippen LogP contribution in [-0.4, -0.2) is 27.8 Å². The number of allylic oxidation sites excluding steroid dienone is 1. The summed E-state index contributed by atoms with van der Waals surface area (Å²) in [7, 11) is 2.02. The van der Waals surface area contributed by atoms with Gasteiger partial charge in [-0.1, -0.05) is 0 Å². The van der Waals surface area contributed by atoms with Gasteiger partial charge >= 0.3 is 89.5 Å². The molecule has 0 N–H and O–H groups in total. The van der Waals surface area contributed by atoms with Crippen molar-refractivity contribution >= 4 is 30.9 Å². The molecule has 0 saturated heterocycles. The fourth-order valence-corrected chi connectivity index (χ4v) is 3.82. The second-order valence-electron chi connectivity index (χ2n) is 3.22. The normalized spacial score (nSPS) is 17.3. The summed E-state index contributed by atoms with van der Waals surface area (Å²) in [5.74, 6) is 0.126. The zero-order chi connectivity index (χ0) is 10.1. The van der Waals surface area contributed by atoms with E-state index >= 15 is 0 Å². The Morgan fingerprint density at radius 1 is 1.43 bits per heavy atom. The molecule has 0 radical (unpaired) electrons.